The van der Waals surface area contributed by atoms with Crippen molar-refractivity contribution in [1.29, 1.82) is 0 Å². The van der Waals surface area contributed by atoms with Crippen LogP contribution >= 0.6 is 0 Å². The lowest BCUT2D eigenvalue weighted by Gasteiger charge is -2.19. The standard InChI is InChI=1S/C13H7F2NO4/c1-5-3-16-4-7(13(18)19)11(17)6-2-8(14)9(15)12(20-5)10(6)16/h2-4H,1H3,(H,18,19). The lowest BCUT2D eigenvalue weighted by atomic mass is 10.1. The van der Waals surface area contributed by atoms with Crippen LogP contribution < -0.4 is 10.2 Å². The highest BCUT2D eigenvalue weighted by molar-refractivity contribution is 5.95. The molecule has 0 saturated heterocycles. The summed E-state index contributed by atoms with van der Waals surface area (Å²) < 4.78 is 33.6. The third-order valence-electron chi connectivity index (χ3n) is 2.98. The minimum Gasteiger partial charge on any atom is -0.477 e. The molecule has 0 radical (unpaired) electrons. The maximum absolute atomic E-state index is 13.8. The van der Waals surface area contributed by atoms with Gasteiger partial charge in [-0.05, 0) is 13.0 Å². The molecule has 7 heteroatoms. The highest BCUT2D eigenvalue weighted by Crippen LogP contribution is 2.34. The number of nitrogens with zero attached hydrogens (tertiary/aromatic N) is 1. The summed E-state index contributed by atoms with van der Waals surface area (Å²) in [7, 11) is 0. The van der Waals surface area contributed by atoms with Crippen molar-refractivity contribution in [2.24, 2.45) is 0 Å². The van der Waals surface area contributed by atoms with Gasteiger partial charge in [0.05, 0.1) is 5.39 Å². The number of aromatic carboxylic acids is 1. The number of halogens is 2. The Balaban J connectivity index is 2.59. The lowest BCUT2D eigenvalue weighted by molar-refractivity contribution is 0.0695. The van der Waals surface area contributed by atoms with Crippen LogP contribution in [0.4, 0.5) is 8.78 Å². The average molecular weight is 279 g/mol. The fourth-order valence-electron chi connectivity index (χ4n) is 2.16. The van der Waals surface area contributed by atoms with Crippen LogP contribution in [0.5, 0.6) is 5.75 Å². The van der Waals surface area contributed by atoms with E-state index in [0.29, 0.717) is 6.07 Å². The van der Waals surface area contributed by atoms with Crippen molar-refractivity contribution in [3.05, 3.63) is 45.4 Å². The number of benzene rings is 1. The van der Waals surface area contributed by atoms with Gasteiger partial charge in [-0.3, -0.25) is 4.79 Å². The minimum atomic E-state index is -1.44. The molecule has 1 aliphatic rings. The van der Waals surface area contributed by atoms with E-state index in [1.165, 1.54) is 17.7 Å². The maximum atomic E-state index is 13.8. The molecule has 3 rings (SSSR count). The Bertz CT molecular complexity index is 867. The van der Waals surface area contributed by atoms with E-state index < -0.39 is 34.3 Å². The average Bonchev–Trinajstić information content (AvgIpc) is 2.38. The predicted octanol–water partition coefficient (Wildman–Crippen LogP) is 2.19. The van der Waals surface area contributed by atoms with Gasteiger partial charge in [0.1, 0.15) is 16.8 Å². The lowest BCUT2D eigenvalue weighted by Crippen LogP contribution is -2.20. The SMILES string of the molecule is CC1=Cn2cc(C(=O)O)c(=O)c3cc(F)c(F)c(c32)O1. The number of allylic oxidation sites excluding steroid dienone is 1. The topological polar surface area (TPSA) is 68.5 Å². The monoisotopic (exact) mass is 279 g/mol. The molecular formula is C13H7F2NO4. The molecule has 0 spiro atoms. The Morgan fingerprint density at radius 1 is 1.40 bits per heavy atom. The third-order valence-corrected chi connectivity index (χ3v) is 2.98. The number of hydrogen-bond acceptors (Lipinski definition) is 3. The zero-order valence-corrected chi connectivity index (χ0v) is 10.1. The number of ether oxygens (including phenoxy) is 1. The van der Waals surface area contributed by atoms with Crippen molar-refractivity contribution in [3.63, 3.8) is 0 Å². The number of carboxylic acid groups (broad SMARTS) is 1. The van der Waals surface area contributed by atoms with E-state index in [2.05, 4.69) is 0 Å². The van der Waals surface area contributed by atoms with Crippen LogP contribution in [0.15, 0.2) is 22.8 Å². The molecule has 0 unspecified atom stereocenters. The number of carbonyl (C=O) groups is 1. The van der Waals surface area contributed by atoms with Crippen LogP contribution in [0.25, 0.3) is 17.1 Å². The first-order valence-electron chi connectivity index (χ1n) is 5.56. The summed E-state index contributed by atoms with van der Waals surface area (Å²) in [6.45, 7) is 1.50. The minimum absolute atomic E-state index is 0.00417. The van der Waals surface area contributed by atoms with Crippen molar-refractivity contribution < 1.29 is 23.4 Å². The number of carboxylic acids is 1. The van der Waals surface area contributed by atoms with Gasteiger partial charge in [-0.25, -0.2) is 9.18 Å². The van der Waals surface area contributed by atoms with Crippen LogP contribution in [0.2, 0.25) is 0 Å². The molecule has 0 saturated carbocycles. The second-order valence-corrected chi connectivity index (χ2v) is 4.32. The van der Waals surface area contributed by atoms with Gasteiger partial charge in [-0.1, -0.05) is 0 Å². The number of pyridine rings is 1. The number of rotatable bonds is 1. The van der Waals surface area contributed by atoms with Gasteiger partial charge < -0.3 is 14.4 Å². The molecule has 1 aliphatic heterocycles. The molecule has 1 aromatic heterocycles. The van der Waals surface area contributed by atoms with Gasteiger partial charge in [0.25, 0.3) is 0 Å². The molecule has 5 nitrogen and oxygen atoms in total. The van der Waals surface area contributed by atoms with Crippen molar-refractivity contribution >= 4 is 23.1 Å². The largest absolute Gasteiger partial charge is 0.477 e. The van der Waals surface area contributed by atoms with Crippen molar-refractivity contribution in [1.82, 2.24) is 4.57 Å². The zero-order valence-electron chi connectivity index (χ0n) is 10.1. The van der Waals surface area contributed by atoms with Gasteiger partial charge in [-0.2, -0.15) is 4.39 Å². The second-order valence-electron chi connectivity index (χ2n) is 4.32. The first-order valence-corrected chi connectivity index (χ1v) is 5.56. The normalized spacial score (nSPS) is 13.1. The van der Waals surface area contributed by atoms with Crippen molar-refractivity contribution in [3.8, 4) is 5.75 Å². The van der Waals surface area contributed by atoms with E-state index >= 15 is 0 Å². The quantitative estimate of drug-likeness (QED) is 0.868. The molecule has 2 heterocycles. The van der Waals surface area contributed by atoms with Crippen LogP contribution in [0.1, 0.15) is 17.3 Å². The van der Waals surface area contributed by atoms with E-state index in [1.54, 1.807) is 0 Å². The smallest absolute Gasteiger partial charge is 0.341 e. The van der Waals surface area contributed by atoms with Gasteiger partial charge >= 0.3 is 5.97 Å². The zero-order chi connectivity index (χ0) is 14.6. The second kappa shape index (κ2) is 3.89. The number of hydrogen-bond donors (Lipinski definition) is 1. The van der Waals surface area contributed by atoms with Crippen LogP contribution in [-0.2, 0) is 0 Å². The summed E-state index contributed by atoms with van der Waals surface area (Å²) in [5.74, 6) is -4.11. The molecule has 0 amide bonds. The summed E-state index contributed by atoms with van der Waals surface area (Å²) in [5.41, 5.74) is -1.41. The Hall–Kier alpha value is -2.70. The maximum Gasteiger partial charge on any atom is 0.341 e. The first-order chi connectivity index (χ1) is 9.40. The van der Waals surface area contributed by atoms with E-state index in [4.69, 9.17) is 9.84 Å². The van der Waals surface area contributed by atoms with Crippen LogP contribution in [0.3, 0.4) is 0 Å². The Morgan fingerprint density at radius 2 is 2.10 bits per heavy atom. The molecule has 102 valence electrons. The van der Waals surface area contributed by atoms with E-state index in [-0.39, 0.29) is 16.7 Å². The molecule has 20 heavy (non-hydrogen) atoms. The predicted molar refractivity (Wildman–Crippen MR) is 65.7 cm³/mol. The van der Waals surface area contributed by atoms with E-state index in [0.717, 1.165) is 6.20 Å². The summed E-state index contributed by atoms with van der Waals surface area (Å²) in [6.07, 6.45) is 2.44. The molecule has 1 aromatic carbocycles. The molecule has 1 N–H and O–H groups in total. The van der Waals surface area contributed by atoms with Crippen molar-refractivity contribution in [2.75, 3.05) is 0 Å². The molecule has 0 fully saturated rings. The van der Waals surface area contributed by atoms with E-state index in [9.17, 15) is 18.4 Å². The van der Waals surface area contributed by atoms with Gasteiger partial charge in [0, 0.05) is 12.4 Å². The van der Waals surface area contributed by atoms with Gasteiger partial charge in [0.15, 0.2) is 11.6 Å². The first kappa shape index (κ1) is 12.3. The summed E-state index contributed by atoms with van der Waals surface area (Å²) in [6, 6.07) is 0.678. The Labute approximate surface area is 110 Å². The van der Waals surface area contributed by atoms with Crippen LogP contribution in [0, 0.1) is 11.6 Å². The molecule has 2 aromatic rings. The fraction of sp³-hybridized carbons (Fsp3) is 0.0769. The summed E-state index contributed by atoms with van der Waals surface area (Å²) in [4.78, 5) is 23.0. The summed E-state index contributed by atoms with van der Waals surface area (Å²) in [5, 5.41) is 8.74. The molecule has 0 aliphatic carbocycles. The van der Waals surface area contributed by atoms with Gasteiger partial charge in [0.2, 0.25) is 11.2 Å². The fourth-order valence-corrected chi connectivity index (χ4v) is 2.16. The molecule has 0 atom stereocenters. The highest BCUT2D eigenvalue weighted by Gasteiger charge is 2.25. The van der Waals surface area contributed by atoms with Crippen molar-refractivity contribution in [2.45, 2.75) is 6.92 Å². The highest BCUT2D eigenvalue weighted by atomic mass is 19.2. The Morgan fingerprint density at radius 3 is 2.75 bits per heavy atom. The molecular weight excluding hydrogens is 272 g/mol. The molecule has 0 bridgehead atoms. The number of aromatic nitrogens is 1. The summed E-state index contributed by atoms with van der Waals surface area (Å²) >= 11 is 0. The Kier molecular flexibility index (Phi) is 2.40. The van der Waals surface area contributed by atoms with E-state index in [1.807, 2.05) is 0 Å². The van der Waals surface area contributed by atoms with Gasteiger partial charge in [-0.15, -0.1) is 0 Å². The van der Waals surface area contributed by atoms with Crippen LogP contribution in [-0.4, -0.2) is 15.6 Å². The third kappa shape index (κ3) is 1.52.